The molecule has 9 heteroatoms. The maximum Gasteiger partial charge on any atom is 0.262 e. The van der Waals surface area contributed by atoms with Crippen molar-refractivity contribution in [2.75, 3.05) is 11.9 Å². The standard InChI is InChI=1S/C13H11BrN2O4S2/c14-9-3-10-11(20-6-13(17)16-10)4-12(9)22(18,19)15-5-8-1-2-21-7-8/h1-4,7,15H,5-6H2,(H,16,17). The van der Waals surface area contributed by atoms with E-state index in [4.69, 9.17) is 4.74 Å². The number of sulfonamides is 1. The van der Waals surface area contributed by atoms with Crippen molar-refractivity contribution < 1.29 is 17.9 Å². The maximum absolute atomic E-state index is 12.4. The zero-order valence-electron chi connectivity index (χ0n) is 11.1. The van der Waals surface area contributed by atoms with Gasteiger partial charge in [0.1, 0.15) is 10.6 Å². The van der Waals surface area contributed by atoms with Gasteiger partial charge in [0.25, 0.3) is 5.91 Å². The van der Waals surface area contributed by atoms with Crippen LogP contribution in [0.3, 0.4) is 0 Å². The minimum absolute atomic E-state index is 0.0672. The lowest BCUT2D eigenvalue weighted by atomic mass is 10.2. The molecule has 22 heavy (non-hydrogen) atoms. The van der Waals surface area contributed by atoms with Crippen LogP contribution in [-0.4, -0.2) is 20.9 Å². The van der Waals surface area contributed by atoms with Crippen molar-refractivity contribution in [1.29, 1.82) is 0 Å². The van der Waals surface area contributed by atoms with Gasteiger partial charge in [0, 0.05) is 17.1 Å². The maximum atomic E-state index is 12.4. The molecule has 3 rings (SSSR count). The van der Waals surface area contributed by atoms with Crippen molar-refractivity contribution in [3.63, 3.8) is 0 Å². The van der Waals surface area contributed by atoms with Crippen LogP contribution in [0.5, 0.6) is 5.75 Å². The lowest BCUT2D eigenvalue weighted by Crippen LogP contribution is -2.27. The van der Waals surface area contributed by atoms with Crippen LogP contribution in [0.1, 0.15) is 5.56 Å². The van der Waals surface area contributed by atoms with Gasteiger partial charge < -0.3 is 10.1 Å². The second kappa shape index (κ2) is 5.99. The number of rotatable bonds is 4. The van der Waals surface area contributed by atoms with E-state index in [0.717, 1.165) is 5.56 Å². The fourth-order valence-electron chi connectivity index (χ4n) is 1.94. The van der Waals surface area contributed by atoms with E-state index in [1.807, 2.05) is 16.8 Å². The first kappa shape index (κ1) is 15.5. The zero-order chi connectivity index (χ0) is 15.7. The largest absolute Gasteiger partial charge is 0.482 e. The minimum Gasteiger partial charge on any atom is -0.482 e. The Labute approximate surface area is 139 Å². The van der Waals surface area contributed by atoms with E-state index in [1.54, 1.807) is 0 Å². The quantitative estimate of drug-likeness (QED) is 0.821. The number of ether oxygens (including phenoxy) is 1. The van der Waals surface area contributed by atoms with E-state index >= 15 is 0 Å². The summed E-state index contributed by atoms with van der Waals surface area (Å²) in [4.78, 5) is 11.3. The molecular weight excluding hydrogens is 392 g/mol. The summed E-state index contributed by atoms with van der Waals surface area (Å²) < 4.78 is 33.0. The lowest BCUT2D eigenvalue weighted by Gasteiger charge is -2.19. The van der Waals surface area contributed by atoms with Crippen molar-refractivity contribution in [2.24, 2.45) is 0 Å². The average Bonchev–Trinajstić information content (AvgIpc) is 2.97. The monoisotopic (exact) mass is 402 g/mol. The Bertz CT molecular complexity index is 819. The molecule has 0 aliphatic carbocycles. The number of carbonyl (C=O) groups is 1. The van der Waals surface area contributed by atoms with Gasteiger partial charge in [-0.25, -0.2) is 13.1 Å². The normalized spacial score (nSPS) is 14.1. The van der Waals surface area contributed by atoms with E-state index in [0.29, 0.717) is 15.9 Å². The molecule has 0 radical (unpaired) electrons. The molecule has 2 aromatic rings. The molecule has 0 saturated carbocycles. The Morgan fingerprint density at radius 1 is 1.41 bits per heavy atom. The predicted molar refractivity (Wildman–Crippen MR) is 86.6 cm³/mol. The van der Waals surface area contributed by atoms with Crippen LogP contribution in [0.25, 0.3) is 0 Å². The Balaban J connectivity index is 1.88. The fourth-order valence-corrected chi connectivity index (χ4v) is 4.68. The number of fused-ring (bicyclic) bond motifs is 1. The van der Waals surface area contributed by atoms with Crippen LogP contribution in [-0.2, 0) is 21.4 Å². The highest BCUT2D eigenvalue weighted by molar-refractivity contribution is 9.10. The Morgan fingerprint density at radius 2 is 2.23 bits per heavy atom. The Kier molecular flexibility index (Phi) is 4.22. The summed E-state index contributed by atoms with van der Waals surface area (Å²) in [5.41, 5.74) is 1.34. The molecule has 0 bridgehead atoms. The van der Waals surface area contributed by atoms with Crippen LogP contribution < -0.4 is 14.8 Å². The third-order valence-electron chi connectivity index (χ3n) is 3.00. The third kappa shape index (κ3) is 3.17. The molecule has 1 aromatic carbocycles. The molecule has 0 saturated heterocycles. The van der Waals surface area contributed by atoms with Crippen molar-refractivity contribution >= 4 is 48.9 Å². The highest BCUT2D eigenvalue weighted by Gasteiger charge is 2.24. The fraction of sp³-hybridized carbons (Fsp3) is 0.154. The Hall–Kier alpha value is -1.42. The molecule has 1 amide bonds. The molecule has 0 unspecified atom stereocenters. The number of nitrogens with one attached hydrogen (secondary N) is 2. The van der Waals surface area contributed by atoms with Crippen molar-refractivity contribution in [2.45, 2.75) is 11.4 Å². The molecule has 1 aromatic heterocycles. The second-order valence-electron chi connectivity index (χ2n) is 4.57. The van der Waals surface area contributed by atoms with E-state index in [9.17, 15) is 13.2 Å². The summed E-state index contributed by atoms with van der Waals surface area (Å²) in [6.45, 7) is 0.0867. The number of benzene rings is 1. The number of hydrogen-bond donors (Lipinski definition) is 2. The highest BCUT2D eigenvalue weighted by atomic mass is 79.9. The molecule has 6 nitrogen and oxygen atoms in total. The second-order valence-corrected chi connectivity index (χ2v) is 7.94. The highest BCUT2D eigenvalue weighted by Crippen LogP contribution is 2.35. The molecule has 0 atom stereocenters. The van der Waals surface area contributed by atoms with Gasteiger partial charge in [0.05, 0.1) is 5.69 Å². The van der Waals surface area contributed by atoms with Gasteiger partial charge in [-0.3, -0.25) is 4.79 Å². The van der Waals surface area contributed by atoms with Gasteiger partial charge in [-0.2, -0.15) is 11.3 Å². The van der Waals surface area contributed by atoms with E-state index in [1.165, 1.54) is 23.5 Å². The SMILES string of the molecule is O=C1COc2cc(S(=O)(=O)NCc3ccsc3)c(Br)cc2N1. The molecule has 1 aliphatic heterocycles. The molecule has 0 spiro atoms. The summed E-state index contributed by atoms with van der Waals surface area (Å²) in [5.74, 6) is 0.0595. The molecule has 2 heterocycles. The predicted octanol–water partition coefficient (Wildman–Crippen LogP) is 2.32. The number of carbonyl (C=O) groups excluding carboxylic acids is 1. The van der Waals surface area contributed by atoms with Crippen LogP contribution in [0.2, 0.25) is 0 Å². The van der Waals surface area contributed by atoms with Crippen molar-refractivity contribution in [1.82, 2.24) is 4.72 Å². The van der Waals surface area contributed by atoms with Crippen LogP contribution in [0, 0.1) is 0 Å². The summed E-state index contributed by atoms with van der Waals surface area (Å²) in [6, 6.07) is 4.77. The number of anilines is 1. The van der Waals surface area contributed by atoms with Gasteiger partial charge in [0.15, 0.2) is 6.61 Å². The van der Waals surface area contributed by atoms with E-state index in [2.05, 4.69) is 26.0 Å². The first-order chi connectivity index (χ1) is 10.5. The molecule has 0 fully saturated rings. The van der Waals surface area contributed by atoms with Gasteiger partial charge in [-0.1, -0.05) is 0 Å². The van der Waals surface area contributed by atoms with E-state index in [-0.39, 0.29) is 24.0 Å². The number of thiophene rings is 1. The average molecular weight is 403 g/mol. The first-order valence-electron chi connectivity index (χ1n) is 6.22. The number of halogens is 1. The van der Waals surface area contributed by atoms with Gasteiger partial charge in [0.2, 0.25) is 10.0 Å². The summed E-state index contributed by atoms with van der Waals surface area (Å²) in [6.07, 6.45) is 0. The van der Waals surface area contributed by atoms with Gasteiger partial charge >= 0.3 is 0 Å². The van der Waals surface area contributed by atoms with Gasteiger partial charge in [-0.15, -0.1) is 0 Å². The smallest absolute Gasteiger partial charge is 0.262 e. The minimum atomic E-state index is -3.70. The van der Waals surface area contributed by atoms with Crippen LogP contribution >= 0.6 is 27.3 Å². The molecular formula is C13H11BrN2O4S2. The molecule has 2 N–H and O–H groups in total. The zero-order valence-corrected chi connectivity index (χ0v) is 14.3. The topological polar surface area (TPSA) is 84.5 Å². The first-order valence-corrected chi connectivity index (χ1v) is 9.44. The molecule has 116 valence electrons. The number of amides is 1. The van der Waals surface area contributed by atoms with Crippen LogP contribution in [0.15, 0.2) is 38.3 Å². The lowest BCUT2D eigenvalue weighted by molar-refractivity contribution is -0.118. The summed E-state index contributed by atoms with van der Waals surface area (Å²) in [5, 5.41) is 6.39. The number of hydrogen-bond acceptors (Lipinski definition) is 5. The van der Waals surface area contributed by atoms with Gasteiger partial charge in [-0.05, 0) is 44.4 Å². The molecule has 1 aliphatic rings. The van der Waals surface area contributed by atoms with E-state index < -0.39 is 10.0 Å². The van der Waals surface area contributed by atoms with Crippen molar-refractivity contribution in [3.8, 4) is 5.75 Å². The van der Waals surface area contributed by atoms with Crippen LogP contribution in [0.4, 0.5) is 5.69 Å². The summed E-state index contributed by atoms with van der Waals surface area (Å²) >= 11 is 4.73. The summed E-state index contributed by atoms with van der Waals surface area (Å²) in [7, 11) is -3.70. The third-order valence-corrected chi connectivity index (χ3v) is 6.09. The van der Waals surface area contributed by atoms with Crippen molar-refractivity contribution in [3.05, 3.63) is 39.0 Å². The Morgan fingerprint density at radius 3 is 2.95 bits per heavy atom.